The van der Waals surface area contributed by atoms with Crippen molar-refractivity contribution in [1.82, 2.24) is 19.5 Å². The Labute approximate surface area is 295 Å². The highest BCUT2D eigenvalue weighted by atomic mass is 35.5. The van der Waals surface area contributed by atoms with Crippen molar-refractivity contribution in [3.8, 4) is 0 Å². The fraction of sp³-hybridized carbons (Fsp3) is 0.441. The molecule has 3 aliphatic rings. The summed E-state index contributed by atoms with van der Waals surface area (Å²) in [5.41, 5.74) is 11.8. The first-order chi connectivity index (χ1) is 22.7. The monoisotopic (exact) mass is 712 g/mol. The van der Waals surface area contributed by atoms with Crippen LogP contribution in [-0.2, 0) is 9.59 Å². The largest absolute Gasteiger partial charge is 0.481 e. The van der Waals surface area contributed by atoms with Crippen molar-refractivity contribution >= 4 is 59.6 Å². The van der Waals surface area contributed by atoms with Gasteiger partial charge < -0.3 is 41.6 Å². The first kappa shape index (κ1) is 36.3. The Bertz CT molecular complexity index is 1750. The molecule has 5 atom stereocenters. The minimum absolute atomic E-state index is 0. The number of hydrogen-bond acceptors (Lipinski definition) is 10. The number of carbonyl (C=O) groups is 2. The van der Waals surface area contributed by atoms with Crippen LogP contribution in [0.15, 0.2) is 67.0 Å². The van der Waals surface area contributed by atoms with E-state index in [2.05, 4.69) is 34.6 Å². The van der Waals surface area contributed by atoms with Gasteiger partial charge in [-0.05, 0) is 36.8 Å². The molecule has 0 spiro atoms. The Balaban J connectivity index is 0.00000234. The molecule has 0 unspecified atom stereocenters. The molecule has 2 aromatic carbocycles. The number of halogens is 2. The Morgan fingerprint density at radius 1 is 1.00 bits per heavy atom. The number of carboxylic acid groups (broad SMARTS) is 1. The molecule has 49 heavy (non-hydrogen) atoms. The van der Waals surface area contributed by atoms with E-state index in [1.54, 1.807) is 4.57 Å². The van der Waals surface area contributed by atoms with Crippen LogP contribution in [0.4, 0.5) is 11.8 Å². The van der Waals surface area contributed by atoms with Crippen LogP contribution in [0.5, 0.6) is 0 Å². The van der Waals surface area contributed by atoms with E-state index in [0.29, 0.717) is 49.0 Å². The van der Waals surface area contributed by atoms with E-state index in [-0.39, 0.29) is 56.0 Å². The second kappa shape index (κ2) is 14.1. The summed E-state index contributed by atoms with van der Waals surface area (Å²) in [7, 11) is 0. The van der Waals surface area contributed by atoms with Crippen LogP contribution in [-0.4, -0.2) is 84.6 Å². The predicted molar refractivity (Wildman–Crippen MR) is 189 cm³/mol. The molecule has 1 saturated heterocycles. The van der Waals surface area contributed by atoms with Gasteiger partial charge in [0.15, 0.2) is 17.0 Å². The SMILES string of the molecule is Cl.Cl.NC(=O)[C@]1(C2(C(=O)O)CCC2)C[C@@H](n2cnc3c(NCC(c4ccccc4)c4ccccc4)nc(N4CC[C@@H](N)C4)nc32)[C@H](O)[C@@H]1O. The van der Waals surface area contributed by atoms with E-state index in [0.717, 1.165) is 17.5 Å². The first-order valence-electron chi connectivity index (χ1n) is 16.1. The van der Waals surface area contributed by atoms with Gasteiger partial charge in [0, 0.05) is 31.6 Å². The lowest BCUT2D eigenvalue weighted by atomic mass is 9.51. The third-order valence-corrected chi connectivity index (χ3v) is 10.8. The van der Waals surface area contributed by atoms with E-state index in [4.69, 9.17) is 21.4 Å². The van der Waals surface area contributed by atoms with Crippen molar-refractivity contribution in [2.45, 2.75) is 62.3 Å². The zero-order chi connectivity index (χ0) is 32.9. The van der Waals surface area contributed by atoms with Crippen LogP contribution in [0.3, 0.4) is 0 Å². The normalized spacial score (nSPS) is 25.8. The molecule has 2 saturated carbocycles. The molecular formula is C34H42Cl2N8O5. The molecule has 15 heteroatoms. The zero-order valence-corrected chi connectivity index (χ0v) is 28.4. The number of carboxylic acids is 1. The number of benzene rings is 2. The minimum atomic E-state index is -1.87. The summed E-state index contributed by atoms with van der Waals surface area (Å²) in [6, 6.07) is 19.4. The molecular weight excluding hydrogens is 671 g/mol. The number of imidazole rings is 1. The Kier molecular flexibility index (Phi) is 10.4. The average molecular weight is 714 g/mol. The van der Waals surface area contributed by atoms with E-state index in [9.17, 15) is 24.9 Å². The molecule has 0 bridgehead atoms. The molecule has 0 radical (unpaired) electrons. The number of aliphatic carboxylic acids is 1. The van der Waals surface area contributed by atoms with Gasteiger partial charge in [-0.15, -0.1) is 24.8 Å². The molecule has 13 nitrogen and oxygen atoms in total. The molecule has 2 aromatic heterocycles. The van der Waals surface area contributed by atoms with E-state index in [1.165, 1.54) is 6.33 Å². The van der Waals surface area contributed by atoms with Crippen LogP contribution < -0.4 is 21.7 Å². The fourth-order valence-corrected chi connectivity index (χ4v) is 8.06. The van der Waals surface area contributed by atoms with Crippen molar-refractivity contribution in [3.63, 3.8) is 0 Å². The lowest BCUT2D eigenvalue weighted by Gasteiger charge is -2.51. The Hall–Kier alpha value is -4.01. The van der Waals surface area contributed by atoms with Crippen LogP contribution in [0.2, 0.25) is 0 Å². The highest BCUT2D eigenvalue weighted by Gasteiger charge is 2.71. The molecule has 7 rings (SSSR count). The van der Waals surface area contributed by atoms with Crippen LogP contribution in [0, 0.1) is 10.8 Å². The third kappa shape index (κ3) is 5.87. The summed E-state index contributed by atoms with van der Waals surface area (Å²) >= 11 is 0. The third-order valence-electron chi connectivity index (χ3n) is 10.8. The number of nitrogens with zero attached hydrogens (tertiary/aromatic N) is 5. The van der Waals surface area contributed by atoms with Crippen LogP contribution >= 0.6 is 24.8 Å². The lowest BCUT2D eigenvalue weighted by Crippen LogP contribution is -2.62. The fourth-order valence-electron chi connectivity index (χ4n) is 8.06. The smallest absolute Gasteiger partial charge is 0.310 e. The standard InChI is InChI=1S/C34H40N8O5.2ClH/c35-22-12-15-41(18-22)32-39-28(37-17-23(20-8-3-1-4-9-20)21-10-5-2-6-11-21)25-29(40-32)42(19-38-25)24-16-34(30(36)45,27(44)26(24)43)33(31(46)47)13-7-14-33;;/h1-6,8-11,19,22-24,26-27,43-44H,7,12-18,35H2,(H2,36,45)(H,46,47)(H,37,39,40);2*1H/t22-,24-,26+,27+,34+;;/m1../s1. The molecule has 1 amide bonds. The lowest BCUT2D eigenvalue weighted by molar-refractivity contribution is -0.187. The predicted octanol–water partition coefficient (Wildman–Crippen LogP) is 2.84. The Morgan fingerprint density at radius 2 is 1.63 bits per heavy atom. The number of fused-ring (bicyclic) bond motifs is 1. The number of aromatic nitrogens is 4. The van der Waals surface area contributed by atoms with Crippen LogP contribution in [0.25, 0.3) is 11.2 Å². The quantitative estimate of drug-likeness (QED) is 0.141. The molecule has 8 N–H and O–H groups in total. The molecule has 1 aliphatic heterocycles. The van der Waals surface area contributed by atoms with Crippen LogP contribution in [0.1, 0.15) is 55.2 Å². The number of hydrogen-bond donors (Lipinski definition) is 6. The maximum Gasteiger partial charge on any atom is 0.310 e. The van der Waals surface area contributed by atoms with Gasteiger partial charge in [-0.3, -0.25) is 9.59 Å². The van der Waals surface area contributed by atoms with Gasteiger partial charge in [0.1, 0.15) is 6.10 Å². The molecule has 4 aromatic rings. The van der Waals surface area contributed by atoms with Gasteiger partial charge >= 0.3 is 5.97 Å². The summed E-state index contributed by atoms with van der Waals surface area (Å²) in [4.78, 5) is 42.1. The zero-order valence-electron chi connectivity index (χ0n) is 26.8. The summed E-state index contributed by atoms with van der Waals surface area (Å²) in [5.74, 6) is -1.23. The maximum atomic E-state index is 13.1. The van der Waals surface area contributed by atoms with Gasteiger partial charge in [0.2, 0.25) is 11.9 Å². The number of primary amides is 1. The van der Waals surface area contributed by atoms with E-state index >= 15 is 0 Å². The van der Waals surface area contributed by atoms with Gasteiger partial charge in [-0.1, -0.05) is 67.1 Å². The number of rotatable bonds is 10. The van der Waals surface area contributed by atoms with Crippen molar-refractivity contribution < 1.29 is 24.9 Å². The van der Waals surface area contributed by atoms with Gasteiger partial charge in [-0.25, -0.2) is 4.98 Å². The number of anilines is 2. The van der Waals surface area contributed by atoms with Crippen molar-refractivity contribution in [2.75, 3.05) is 29.9 Å². The van der Waals surface area contributed by atoms with E-state index < -0.39 is 41.0 Å². The van der Waals surface area contributed by atoms with Crippen molar-refractivity contribution in [1.29, 1.82) is 0 Å². The minimum Gasteiger partial charge on any atom is -0.481 e. The summed E-state index contributed by atoms with van der Waals surface area (Å²) in [6.07, 6.45) is -0.124. The average Bonchev–Trinajstić information content (AvgIpc) is 3.74. The Morgan fingerprint density at radius 3 is 2.14 bits per heavy atom. The van der Waals surface area contributed by atoms with Gasteiger partial charge in [-0.2, -0.15) is 9.97 Å². The summed E-state index contributed by atoms with van der Waals surface area (Å²) < 4.78 is 1.63. The summed E-state index contributed by atoms with van der Waals surface area (Å²) in [6.45, 7) is 1.71. The maximum absolute atomic E-state index is 13.1. The molecule has 262 valence electrons. The number of amides is 1. The van der Waals surface area contributed by atoms with Crippen molar-refractivity contribution in [2.24, 2.45) is 22.3 Å². The molecule has 3 fully saturated rings. The second-order valence-corrected chi connectivity index (χ2v) is 13.2. The van der Waals surface area contributed by atoms with Gasteiger partial charge in [0.05, 0.1) is 29.3 Å². The van der Waals surface area contributed by atoms with E-state index in [1.807, 2.05) is 41.3 Å². The molecule has 3 heterocycles. The highest BCUT2D eigenvalue weighted by Crippen LogP contribution is 2.63. The highest BCUT2D eigenvalue weighted by molar-refractivity contribution is 5.92. The summed E-state index contributed by atoms with van der Waals surface area (Å²) in [5, 5.41) is 36.7. The topological polar surface area (TPSA) is 206 Å². The first-order valence-corrected chi connectivity index (χ1v) is 16.1. The number of nitrogens with one attached hydrogen (secondary N) is 1. The molecule has 2 aliphatic carbocycles. The number of aliphatic hydroxyl groups is 2. The van der Waals surface area contributed by atoms with Crippen molar-refractivity contribution in [3.05, 3.63) is 78.1 Å². The second-order valence-electron chi connectivity index (χ2n) is 13.2. The van der Waals surface area contributed by atoms with Gasteiger partial charge in [0.25, 0.3) is 0 Å². The number of nitrogens with two attached hydrogens (primary N) is 2. The number of carbonyl (C=O) groups excluding carboxylic acids is 1. The number of aliphatic hydroxyl groups excluding tert-OH is 2.